The van der Waals surface area contributed by atoms with E-state index >= 15 is 0 Å². The first-order chi connectivity index (χ1) is 15.8. The van der Waals surface area contributed by atoms with Gasteiger partial charge in [0.25, 0.3) is 5.91 Å². The van der Waals surface area contributed by atoms with Gasteiger partial charge >= 0.3 is 5.97 Å². The highest BCUT2D eigenvalue weighted by atomic mass is 32.2. The maximum atomic E-state index is 13.0. The molecule has 2 aromatic rings. The van der Waals surface area contributed by atoms with Crippen LogP contribution >= 0.6 is 0 Å². The fourth-order valence-electron chi connectivity index (χ4n) is 3.65. The Morgan fingerprint density at radius 3 is 2.39 bits per heavy atom. The molecule has 0 spiro atoms. The molecule has 2 aromatic carbocycles. The summed E-state index contributed by atoms with van der Waals surface area (Å²) in [6, 6.07) is 12.1. The van der Waals surface area contributed by atoms with E-state index < -0.39 is 28.5 Å². The number of hydrogen-bond donors (Lipinski definition) is 1. The van der Waals surface area contributed by atoms with E-state index in [0.717, 1.165) is 30.6 Å². The Hall–Kier alpha value is -2.91. The van der Waals surface area contributed by atoms with E-state index in [4.69, 9.17) is 9.47 Å². The lowest BCUT2D eigenvalue weighted by Crippen LogP contribution is -2.36. The van der Waals surface area contributed by atoms with Crippen LogP contribution < -0.4 is 10.1 Å². The number of nitrogens with zero attached hydrogens (tertiary/aromatic N) is 1. The monoisotopic (exact) mass is 474 g/mol. The molecule has 0 bridgehead atoms. The zero-order chi connectivity index (χ0) is 23.8. The van der Waals surface area contributed by atoms with Gasteiger partial charge in [0.1, 0.15) is 5.75 Å². The highest BCUT2D eigenvalue weighted by Crippen LogP contribution is 2.26. The van der Waals surface area contributed by atoms with Gasteiger partial charge in [-0.3, -0.25) is 9.59 Å². The zero-order valence-corrected chi connectivity index (χ0v) is 19.8. The second-order valence-corrected chi connectivity index (χ2v) is 9.91. The van der Waals surface area contributed by atoms with Crippen molar-refractivity contribution in [1.82, 2.24) is 4.31 Å². The summed E-state index contributed by atoms with van der Waals surface area (Å²) in [6.07, 6.45) is 3.35. The fourth-order valence-corrected chi connectivity index (χ4v) is 5.42. The van der Waals surface area contributed by atoms with E-state index in [1.807, 2.05) is 24.3 Å². The van der Waals surface area contributed by atoms with Crippen molar-refractivity contribution >= 4 is 27.6 Å². The van der Waals surface area contributed by atoms with Crippen LogP contribution in [0.5, 0.6) is 5.75 Å². The van der Waals surface area contributed by atoms with Crippen LogP contribution in [-0.2, 0) is 30.8 Å². The third kappa shape index (κ3) is 6.79. The first-order valence-electron chi connectivity index (χ1n) is 11.0. The van der Waals surface area contributed by atoms with Gasteiger partial charge in [-0.2, -0.15) is 4.31 Å². The third-order valence-electron chi connectivity index (χ3n) is 5.55. The molecule has 0 aliphatic carbocycles. The van der Waals surface area contributed by atoms with Crippen LogP contribution in [0.1, 0.15) is 36.8 Å². The summed E-state index contributed by atoms with van der Waals surface area (Å²) in [5.74, 6) is -0.280. The molecular formula is C24H30N2O6S. The van der Waals surface area contributed by atoms with Crippen LogP contribution in [0.3, 0.4) is 0 Å². The Balaban J connectivity index is 1.52. The quantitative estimate of drug-likeness (QED) is 0.560. The van der Waals surface area contributed by atoms with E-state index in [1.54, 1.807) is 26.2 Å². The molecule has 1 amide bonds. The molecular weight excluding hydrogens is 444 g/mol. The number of piperidine rings is 1. The molecule has 0 aromatic heterocycles. The van der Waals surface area contributed by atoms with Gasteiger partial charge in [0, 0.05) is 25.2 Å². The van der Waals surface area contributed by atoms with Gasteiger partial charge in [0.2, 0.25) is 10.0 Å². The molecule has 0 unspecified atom stereocenters. The van der Waals surface area contributed by atoms with Gasteiger partial charge in [-0.25, -0.2) is 8.42 Å². The smallest absolute Gasteiger partial charge is 0.306 e. The summed E-state index contributed by atoms with van der Waals surface area (Å²) in [6.45, 7) is 2.30. The number of carbonyl (C=O) groups excluding carboxylic acids is 2. The first-order valence-corrected chi connectivity index (χ1v) is 12.4. The van der Waals surface area contributed by atoms with E-state index in [9.17, 15) is 18.0 Å². The van der Waals surface area contributed by atoms with Crippen molar-refractivity contribution in [2.24, 2.45) is 0 Å². The Labute approximate surface area is 194 Å². The summed E-state index contributed by atoms with van der Waals surface area (Å²) < 4.78 is 37.7. The highest BCUT2D eigenvalue weighted by molar-refractivity contribution is 7.89. The maximum Gasteiger partial charge on any atom is 0.306 e. The van der Waals surface area contributed by atoms with Gasteiger partial charge in [-0.1, -0.05) is 24.6 Å². The molecule has 3 rings (SSSR count). The van der Waals surface area contributed by atoms with Crippen molar-refractivity contribution in [1.29, 1.82) is 0 Å². The van der Waals surface area contributed by atoms with Crippen molar-refractivity contribution < 1.29 is 27.5 Å². The highest BCUT2D eigenvalue weighted by Gasteiger charge is 2.27. The van der Waals surface area contributed by atoms with Crippen molar-refractivity contribution in [3.63, 3.8) is 0 Å². The third-order valence-corrected chi connectivity index (χ3v) is 7.59. The average molecular weight is 475 g/mol. The lowest BCUT2D eigenvalue weighted by Gasteiger charge is -2.26. The van der Waals surface area contributed by atoms with Gasteiger partial charge in [-0.05, 0) is 61.6 Å². The predicted molar refractivity (Wildman–Crippen MR) is 125 cm³/mol. The molecule has 8 nitrogen and oxygen atoms in total. The van der Waals surface area contributed by atoms with Gasteiger partial charge in [0.05, 0.1) is 12.0 Å². The number of aryl methyl sites for hydroxylation is 2. The number of amides is 1. The molecule has 1 N–H and O–H groups in total. The number of benzene rings is 2. The molecule has 0 radical (unpaired) electrons. The standard InChI is InChI=1S/C24H30N2O6S/c1-18-6-10-20(16-22(18)33(29,30)26-14-4-3-5-15-26)25-23(27)17-32-24(28)13-9-19-7-11-21(31-2)12-8-19/h6-8,10-12,16H,3-5,9,13-15,17H2,1-2H3,(H,25,27). The Kier molecular flexibility index (Phi) is 8.46. The van der Waals surface area contributed by atoms with Crippen molar-refractivity contribution in [3.8, 4) is 5.75 Å². The maximum absolute atomic E-state index is 13.0. The van der Waals surface area contributed by atoms with E-state index in [-0.39, 0.29) is 11.3 Å². The largest absolute Gasteiger partial charge is 0.497 e. The van der Waals surface area contributed by atoms with Gasteiger partial charge < -0.3 is 14.8 Å². The normalized spacial score (nSPS) is 14.5. The average Bonchev–Trinajstić information content (AvgIpc) is 2.83. The molecule has 1 aliphatic rings. The van der Waals surface area contributed by atoms with E-state index in [0.29, 0.717) is 30.8 Å². The van der Waals surface area contributed by atoms with Crippen LogP contribution in [0, 0.1) is 6.92 Å². The minimum absolute atomic E-state index is 0.141. The number of carbonyl (C=O) groups is 2. The number of ether oxygens (including phenoxy) is 2. The molecule has 9 heteroatoms. The number of hydrogen-bond acceptors (Lipinski definition) is 6. The van der Waals surface area contributed by atoms with Crippen LogP contribution in [0.2, 0.25) is 0 Å². The summed E-state index contributed by atoms with van der Waals surface area (Å²) in [5.41, 5.74) is 1.92. The fraction of sp³-hybridized carbons (Fsp3) is 0.417. The summed E-state index contributed by atoms with van der Waals surface area (Å²) in [4.78, 5) is 24.4. The number of methoxy groups -OCH3 is 1. The number of esters is 1. The van der Waals surface area contributed by atoms with Gasteiger partial charge in [-0.15, -0.1) is 0 Å². The van der Waals surface area contributed by atoms with Crippen LogP contribution in [0.4, 0.5) is 5.69 Å². The zero-order valence-electron chi connectivity index (χ0n) is 19.0. The molecule has 1 fully saturated rings. The molecule has 0 atom stereocenters. The number of anilines is 1. The summed E-state index contributed by atoms with van der Waals surface area (Å²) >= 11 is 0. The second kappa shape index (κ2) is 11.3. The van der Waals surface area contributed by atoms with Crippen LogP contribution in [-0.4, -0.2) is 51.4 Å². The van der Waals surface area contributed by atoms with Crippen molar-refractivity contribution in [2.75, 3.05) is 32.1 Å². The molecule has 0 saturated carbocycles. The van der Waals surface area contributed by atoms with Crippen molar-refractivity contribution in [2.45, 2.75) is 43.9 Å². The minimum atomic E-state index is -3.63. The molecule has 1 saturated heterocycles. The SMILES string of the molecule is COc1ccc(CCC(=O)OCC(=O)Nc2ccc(C)c(S(=O)(=O)N3CCCCC3)c2)cc1. The summed E-state index contributed by atoms with van der Waals surface area (Å²) in [5, 5.41) is 2.61. The molecule has 178 valence electrons. The molecule has 33 heavy (non-hydrogen) atoms. The predicted octanol–water partition coefficient (Wildman–Crippen LogP) is 3.29. The number of sulfonamides is 1. The molecule has 1 aliphatic heterocycles. The molecule has 1 heterocycles. The Bertz CT molecular complexity index is 1080. The second-order valence-electron chi connectivity index (χ2n) is 8.00. The van der Waals surface area contributed by atoms with E-state index in [2.05, 4.69) is 5.32 Å². The minimum Gasteiger partial charge on any atom is -0.497 e. The number of rotatable bonds is 9. The van der Waals surface area contributed by atoms with Gasteiger partial charge in [0.15, 0.2) is 6.61 Å². The summed E-state index contributed by atoms with van der Waals surface area (Å²) in [7, 11) is -2.04. The van der Waals surface area contributed by atoms with Crippen LogP contribution in [0.25, 0.3) is 0 Å². The Morgan fingerprint density at radius 2 is 1.73 bits per heavy atom. The van der Waals surface area contributed by atoms with E-state index in [1.165, 1.54) is 10.4 Å². The van der Waals surface area contributed by atoms with Crippen LogP contribution in [0.15, 0.2) is 47.4 Å². The van der Waals surface area contributed by atoms with Crippen molar-refractivity contribution in [3.05, 3.63) is 53.6 Å². The lowest BCUT2D eigenvalue weighted by molar-refractivity contribution is -0.147. The number of nitrogens with one attached hydrogen (secondary N) is 1. The Morgan fingerprint density at radius 1 is 1.03 bits per heavy atom. The topological polar surface area (TPSA) is 102 Å². The lowest BCUT2D eigenvalue weighted by atomic mass is 10.1. The first kappa shape index (κ1) is 24.7.